The Balaban J connectivity index is 2.38. The number of carboxylic acids is 1. The first-order valence-electron chi connectivity index (χ1n) is 5.89. The summed E-state index contributed by atoms with van der Waals surface area (Å²) in [5.74, 6) is -0.894. The highest BCUT2D eigenvalue weighted by molar-refractivity contribution is 7.92. The average molecular weight is 284 g/mol. The van der Waals surface area contributed by atoms with E-state index in [-0.39, 0.29) is 0 Å². The zero-order chi connectivity index (χ0) is 14.2. The molecule has 0 saturated heterocycles. The topological polar surface area (TPSA) is 86.7 Å². The minimum atomic E-state index is -3.34. The zero-order valence-corrected chi connectivity index (χ0v) is 11.6. The molecule has 1 unspecified atom stereocenters. The summed E-state index contributed by atoms with van der Waals surface area (Å²) in [6, 6.07) is 4.60. The Morgan fingerprint density at radius 1 is 1.47 bits per heavy atom. The Labute approximate surface area is 112 Å². The molecule has 0 radical (unpaired) electrons. The molecule has 1 heterocycles. The van der Waals surface area contributed by atoms with E-state index in [1.807, 2.05) is 6.07 Å². The summed E-state index contributed by atoms with van der Waals surface area (Å²) in [6.07, 6.45) is 1.73. The standard InChI is InChI=1S/C12H16N2O4S/c1-8(12(15)16)14-7-6-9-10(13-19(2,17)18)4-3-5-11(9)14/h3-5,8,13H,6-7H2,1-2H3,(H,15,16). The summed E-state index contributed by atoms with van der Waals surface area (Å²) in [5.41, 5.74) is 2.16. The molecule has 1 atom stereocenters. The van der Waals surface area contributed by atoms with Crippen LogP contribution in [0.15, 0.2) is 18.2 Å². The Morgan fingerprint density at radius 2 is 2.16 bits per heavy atom. The molecule has 0 aliphatic carbocycles. The van der Waals surface area contributed by atoms with Crippen molar-refractivity contribution in [3.63, 3.8) is 0 Å². The molecule has 6 nitrogen and oxygen atoms in total. The highest BCUT2D eigenvalue weighted by Gasteiger charge is 2.29. The monoisotopic (exact) mass is 284 g/mol. The lowest BCUT2D eigenvalue weighted by molar-refractivity contribution is -0.138. The fourth-order valence-corrected chi connectivity index (χ4v) is 2.88. The van der Waals surface area contributed by atoms with Crippen molar-refractivity contribution in [1.29, 1.82) is 0 Å². The van der Waals surface area contributed by atoms with Crippen LogP contribution < -0.4 is 9.62 Å². The van der Waals surface area contributed by atoms with Gasteiger partial charge in [-0.2, -0.15) is 0 Å². The van der Waals surface area contributed by atoms with Crippen LogP contribution in [0.1, 0.15) is 12.5 Å². The zero-order valence-electron chi connectivity index (χ0n) is 10.8. The van der Waals surface area contributed by atoms with Gasteiger partial charge >= 0.3 is 5.97 Å². The van der Waals surface area contributed by atoms with Crippen molar-refractivity contribution < 1.29 is 18.3 Å². The number of nitrogens with one attached hydrogen (secondary N) is 1. The maximum absolute atomic E-state index is 11.3. The van der Waals surface area contributed by atoms with Gasteiger partial charge in [-0.3, -0.25) is 4.72 Å². The molecule has 19 heavy (non-hydrogen) atoms. The average Bonchev–Trinajstić information content (AvgIpc) is 2.70. The number of fused-ring (bicyclic) bond motifs is 1. The predicted molar refractivity (Wildman–Crippen MR) is 73.1 cm³/mol. The van der Waals surface area contributed by atoms with Gasteiger partial charge < -0.3 is 10.0 Å². The molecule has 1 aliphatic heterocycles. The molecule has 0 spiro atoms. The molecule has 7 heteroatoms. The van der Waals surface area contributed by atoms with E-state index in [0.29, 0.717) is 18.7 Å². The SMILES string of the molecule is CC(C(=O)O)N1CCc2c(NS(C)(=O)=O)cccc21. The van der Waals surface area contributed by atoms with Gasteiger partial charge in [-0.05, 0) is 25.5 Å². The van der Waals surface area contributed by atoms with Gasteiger partial charge in [0.1, 0.15) is 6.04 Å². The summed E-state index contributed by atoms with van der Waals surface area (Å²) in [7, 11) is -3.34. The lowest BCUT2D eigenvalue weighted by atomic mass is 10.1. The van der Waals surface area contributed by atoms with Crippen molar-refractivity contribution in [3.8, 4) is 0 Å². The first kappa shape index (κ1) is 13.7. The second-order valence-corrected chi connectivity index (χ2v) is 6.38. The smallest absolute Gasteiger partial charge is 0.326 e. The summed E-state index contributed by atoms with van der Waals surface area (Å²) in [5, 5.41) is 9.07. The predicted octanol–water partition coefficient (Wildman–Crippen LogP) is 0.894. The first-order valence-corrected chi connectivity index (χ1v) is 7.78. The van der Waals surface area contributed by atoms with Crippen LogP contribution in [0.4, 0.5) is 11.4 Å². The van der Waals surface area contributed by atoms with Gasteiger partial charge in [0.05, 0.1) is 11.9 Å². The van der Waals surface area contributed by atoms with Crippen LogP contribution in [0, 0.1) is 0 Å². The van der Waals surface area contributed by atoms with Crippen LogP contribution in [0.3, 0.4) is 0 Å². The molecule has 0 aromatic heterocycles. The number of hydrogen-bond acceptors (Lipinski definition) is 4. The lowest BCUT2D eigenvalue weighted by Crippen LogP contribution is -2.37. The number of rotatable bonds is 4. The number of sulfonamides is 1. The van der Waals surface area contributed by atoms with Crippen LogP contribution in [-0.4, -0.2) is 38.3 Å². The molecule has 1 aliphatic rings. The highest BCUT2D eigenvalue weighted by atomic mass is 32.2. The van der Waals surface area contributed by atoms with E-state index in [1.54, 1.807) is 24.0 Å². The van der Waals surface area contributed by atoms with Crippen molar-refractivity contribution >= 4 is 27.4 Å². The van der Waals surface area contributed by atoms with Crippen molar-refractivity contribution in [2.24, 2.45) is 0 Å². The van der Waals surface area contributed by atoms with Crippen molar-refractivity contribution in [1.82, 2.24) is 0 Å². The van der Waals surface area contributed by atoms with Gasteiger partial charge in [0.2, 0.25) is 10.0 Å². The van der Waals surface area contributed by atoms with E-state index in [2.05, 4.69) is 4.72 Å². The van der Waals surface area contributed by atoms with Crippen LogP contribution in [0.2, 0.25) is 0 Å². The third-order valence-corrected chi connectivity index (χ3v) is 3.77. The molecule has 2 N–H and O–H groups in total. The van der Waals surface area contributed by atoms with E-state index < -0.39 is 22.0 Å². The van der Waals surface area contributed by atoms with Crippen molar-refractivity contribution in [2.75, 3.05) is 22.4 Å². The second kappa shape index (κ2) is 4.73. The molecule has 1 aromatic rings. The largest absolute Gasteiger partial charge is 0.480 e. The van der Waals surface area contributed by atoms with Gasteiger partial charge in [0.15, 0.2) is 0 Å². The van der Waals surface area contributed by atoms with E-state index >= 15 is 0 Å². The Bertz CT molecular complexity index is 612. The Hall–Kier alpha value is -1.76. The third-order valence-electron chi connectivity index (χ3n) is 3.18. The van der Waals surface area contributed by atoms with Crippen LogP contribution in [0.25, 0.3) is 0 Å². The molecular weight excluding hydrogens is 268 g/mol. The number of hydrogen-bond donors (Lipinski definition) is 2. The van der Waals surface area contributed by atoms with E-state index in [0.717, 1.165) is 17.5 Å². The normalized spacial score (nSPS) is 16.0. The minimum Gasteiger partial charge on any atom is -0.480 e. The molecule has 104 valence electrons. The number of benzene rings is 1. The Kier molecular flexibility index (Phi) is 3.40. The summed E-state index contributed by atoms with van der Waals surface area (Å²) >= 11 is 0. The second-order valence-electron chi connectivity index (χ2n) is 4.64. The molecule has 0 fully saturated rings. The molecule has 0 saturated carbocycles. The third kappa shape index (κ3) is 2.81. The van der Waals surface area contributed by atoms with Gasteiger partial charge in [-0.25, -0.2) is 13.2 Å². The molecule has 1 aromatic carbocycles. The molecule has 0 bridgehead atoms. The highest BCUT2D eigenvalue weighted by Crippen LogP contribution is 2.35. The van der Waals surface area contributed by atoms with Gasteiger partial charge in [0, 0.05) is 17.8 Å². The summed E-state index contributed by atoms with van der Waals surface area (Å²) in [6.45, 7) is 2.19. The summed E-state index contributed by atoms with van der Waals surface area (Å²) in [4.78, 5) is 12.8. The maximum atomic E-state index is 11.3. The Morgan fingerprint density at radius 3 is 2.74 bits per heavy atom. The molecule has 0 amide bonds. The van der Waals surface area contributed by atoms with Crippen molar-refractivity contribution in [2.45, 2.75) is 19.4 Å². The molecule has 2 rings (SSSR count). The van der Waals surface area contributed by atoms with Crippen molar-refractivity contribution in [3.05, 3.63) is 23.8 Å². The van der Waals surface area contributed by atoms with Gasteiger partial charge in [-0.15, -0.1) is 0 Å². The lowest BCUT2D eigenvalue weighted by Gasteiger charge is -2.24. The minimum absolute atomic E-state index is 0.528. The number of nitrogens with zero attached hydrogens (tertiary/aromatic N) is 1. The number of aliphatic carboxylic acids is 1. The van der Waals surface area contributed by atoms with Crippen LogP contribution in [0.5, 0.6) is 0 Å². The number of carboxylic acid groups (broad SMARTS) is 1. The first-order chi connectivity index (χ1) is 8.79. The number of anilines is 2. The fraction of sp³-hybridized carbons (Fsp3) is 0.417. The van der Waals surface area contributed by atoms with Crippen LogP contribution >= 0.6 is 0 Å². The van der Waals surface area contributed by atoms with E-state index in [1.165, 1.54) is 0 Å². The van der Waals surface area contributed by atoms with Gasteiger partial charge in [-0.1, -0.05) is 6.07 Å². The molecular formula is C12H16N2O4S. The number of carbonyl (C=O) groups is 1. The summed E-state index contributed by atoms with van der Waals surface area (Å²) < 4.78 is 25.1. The van der Waals surface area contributed by atoms with Crippen LogP contribution in [-0.2, 0) is 21.2 Å². The van der Waals surface area contributed by atoms with E-state index in [4.69, 9.17) is 5.11 Å². The maximum Gasteiger partial charge on any atom is 0.326 e. The quantitative estimate of drug-likeness (QED) is 0.857. The van der Waals surface area contributed by atoms with E-state index in [9.17, 15) is 13.2 Å². The van der Waals surface area contributed by atoms with Gasteiger partial charge in [0.25, 0.3) is 0 Å². The fourth-order valence-electron chi connectivity index (χ4n) is 2.29.